The number of hydrogen-bond acceptors (Lipinski definition) is 3. The predicted molar refractivity (Wildman–Crippen MR) is 82.4 cm³/mol. The molecule has 1 saturated carbocycles. The van der Waals surface area contributed by atoms with Crippen LogP contribution in [0.1, 0.15) is 56.0 Å². The van der Waals surface area contributed by atoms with E-state index in [9.17, 15) is 9.59 Å². The third-order valence-electron chi connectivity index (χ3n) is 5.16. The molecule has 0 radical (unpaired) electrons. The van der Waals surface area contributed by atoms with Crippen LogP contribution >= 0.6 is 0 Å². The van der Waals surface area contributed by atoms with Crippen LogP contribution in [0.2, 0.25) is 0 Å². The van der Waals surface area contributed by atoms with Crippen molar-refractivity contribution < 1.29 is 14.0 Å². The monoisotopic (exact) mass is 304 g/mol. The van der Waals surface area contributed by atoms with Crippen LogP contribution in [0.25, 0.3) is 0 Å². The summed E-state index contributed by atoms with van der Waals surface area (Å²) in [6.07, 6.45) is 8.43. The molecule has 1 saturated heterocycles. The Hall–Kier alpha value is -1.78. The standard InChI is InChI=1S/C17H24N2O3/c1-17(16(21)18-12-13-6-3-2-4-7-13)9-10-19(17)15(20)14-8-5-11-22-14/h5,8,11,13H,2-4,6-7,9-10,12H2,1H3,(H,18,21). The number of hydrogen-bond donors (Lipinski definition) is 1. The molecule has 5 heteroatoms. The van der Waals surface area contributed by atoms with Gasteiger partial charge in [-0.3, -0.25) is 9.59 Å². The van der Waals surface area contributed by atoms with Crippen LogP contribution in [0, 0.1) is 5.92 Å². The molecule has 22 heavy (non-hydrogen) atoms. The summed E-state index contributed by atoms with van der Waals surface area (Å²) >= 11 is 0. The maximum absolute atomic E-state index is 12.5. The van der Waals surface area contributed by atoms with E-state index in [0.717, 1.165) is 6.54 Å². The second-order valence-electron chi connectivity index (χ2n) is 6.67. The Bertz CT molecular complexity index is 534. The Morgan fingerprint density at radius 3 is 2.73 bits per heavy atom. The maximum atomic E-state index is 12.5. The molecule has 1 atom stereocenters. The van der Waals surface area contributed by atoms with E-state index in [1.165, 1.54) is 38.4 Å². The van der Waals surface area contributed by atoms with E-state index in [4.69, 9.17) is 4.42 Å². The number of rotatable bonds is 4. The molecule has 2 aliphatic rings. The van der Waals surface area contributed by atoms with Crippen LogP contribution in [-0.2, 0) is 4.79 Å². The molecule has 0 aromatic carbocycles. The highest BCUT2D eigenvalue weighted by atomic mass is 16.3. The van der Waals surface area contributed by atoms with Crippen LogP contribution in [0.4, 0.5) is 0 Å². The number of carbonyl (C=O) groups excluding carboxylic acids is 2. The molecule has 1 aliphatic heterocycles. The van der Waals surface area contributed by atoms with Crippen molar-refractivity contribution in [3.05, 3.63) is 24.2 Å². The van der Waals surface area contributed by atoms with E-state index in [2.05, 4.69) is 5.32 Å². The highest BCUT2D eigenvalue weighted by Gasteiger charge is 2.50. The zero-order chi connectivity index (χ0) is 15.6. The minimum Gasteiger partial charge on any atom is -0.459 e. The topological polar surface area (TPSA) is 62.6 Å². The van der Waals surface area contributed by atoms with Crippen LogP contribution in [0.15, 0.2) is 22.8 Å². The van der Waals surface area contributed by atoms with Crippen molar-refractivity contribution in [1.29, 1.82) is 0 Å². The first-order chi connectivity index (χ1) is 10.6. The first-order valence-corrected chi connectivity index (χ1v) is 8.25. The van der Waals surface area contributed by atoms with Gasteiger partial charge < -0.3 is 14.6 Å². The Balaban J connectivity index is 1.57. The van der Waals surface area contributed by atoms with Gasteiger partial charge in [-0.1, -0.05) is 19.3 Å². The molecule has 5 nitrogen and oxygen atoms in total. The molecule has 1 aromatic heterocycles. The normalized spacial score (nSPS) is 25.6. The summed E-state index contributed by atoms with van der Waals surface area (Å²) in [5.74, 6) is 0.650. The van der Waals surface area contributed by atoms with Gasteiger partial charge in [-0.2, -0.15) is 0 Å². The predicted octanol–water partition coefficient (Wildman–Crippen LogP) is 2.58. The van der Waals surface area contributed by atoms with Crippen LogP contribution < -0.4 is 5.32 Å². The van der Waals surface area contributed by atoms with Gasteiger partial charge in [0.05, 0.1) is 6.26 Å². The van der Waals surface area contributed by atoms with Gasteiger partial charge in [0.1, 0.15) is 5.54 Å². The van der Waals surface area contributed by atoms with E-state index in [0.29, 0.717) is 24.6 Å². The molecular weight excluding hydrogens is 280 g/mol. The summed E-state index contributed by atoms with van der Waals surface area (Å²) in [4.78, 5) is 26.5. The lowest BCUT2D eigenvalue weighted by Gasteiger charge is -2.48. The summed E-state index contributed by atoms with van der Waals surface area (Å²) < 4.78 is 5.16. The number of furan rings is 1. The number of likely N-dealkylation sites (tertiary alicyclic amines) is 1. The lowest BCUT2D eigenvalue weighted by atomic mass is 9.84. The number of nitrogens with one attached hydrogen (secondary N) is 1. The molecule has 0 bridgehead atoms. The Kier molecular flexibility index (Phi) is 4.23. The van der Waals surface area contributed by atoms with Gasteiger partial charge in [-0.25, -0.2) is 0 Å². The molecule has 1 aromatic rings. The molecule has 1 aliphatic carbocycles. The van der Waals surface area contributed by atoms with Crippen molar-refractivity contribution in [3.63, 3.8) is 0 Å². The van der Waals surface area contributed by atoms with Crippen molar-refractivity contribution >= 4 is 11.8 Å². The summed E-state index contributed by atoms with van der Waals surface area (Å²) in [6.45, 7) is 3.18. The fourth-order valence-corrected chi connectivity index (χ4v) is 3.47. The molecule has 1 N–H and O–H groups in total. The molecule has 2 heterocycles. The second-order valence-corrected chi connectivity index (χ2v) is 6.67. The summed E-state index contributed by atoms with van der Waals surface area (Å²) in [5.41, 5.74) is -0.738. The summed E-state index contributed by atoms with van der Waals surface area (Å²) in [5, 5.41) is 3.06. The van der Waals surface area contributed by atoms with E-state index in [1.54, 1.807) is 17.0 Å². The van der Waals surface area contributed by atoms with Gasteiger partial charge in [0.15, 0.2) is 5.76 Å². The fourth-order valence-electron chi connectivity index (χ4n) is 3.47. The zero-order valence-electron chi connectivity index (χ0n) is 13.1. The van der Waals surface area contributed by atoms with Gasteiger partial charge in [0, 0.05) is 13.1 Å². The lowest BCUT2D eigenvalue weighted by Crippen LogP contribution is -2.67. The van der Waals surface area contributed by atoms with Crippen molar-refractivity contribution in [2.24, 2.45) is 5.92 Å². The minimum atomic E-state index is -0.738. The maximum Gasteiger partial charge on any atom is 0.290 e. The second kappa shape index (κ2) is 6.15. The summed E-state index contributed by atoms with van der Waals surface area (Å²) in [6, 6.07) is 3.33. The SMILES string of the molecule is CC1(C(=O)NCC2CCCCC2)CCN1C(=O)c1ccco1. The van der Waals surface area contributed by atoms with E-state index in [1.807, 2.05) is 6.92 Å². The van der Waals surface area contributed by atoms with Gasteiger partial charge in [0.2, 0.25) is 5.91 Å². The Morgan fingerprint density at radius 1 is 1.36 bits per heavy atom. The molecule has 2 amide bonds. The number of nitrogens with zero attached hydrogens (tertiary/aromatic N) is 1. The highest BCUT2D eigenvalue weighted by molar-refractivity contribution is 5.98. The number of carbonyl (C=O) groups is 2. The van der Waals surface area contributed by atoms with E-state index < -0.39 is 5.54 Å². The Morgan fingerprint density at radius 2 is 2.14 bits per heavy atom. The molecule has 2 fully saturated rings. The third-order valence-corrected chi connectivity index (χ3v) is 5.16. The zero-order valence-corrected chi connectivity index (χ0v) is 13.1. The van der Waals surface area contributed by atoms with Crippen LogP contribution in [0.3, 0.4) is 0 Å². The Labute approximate surface area is 131 Å². The van der Waals surface area contributed by atoms with Gasteiger partial charge in [0.25, 0.3) is 5.91 Å². The van der Waals surface area contributed by atoms with E-state index >= 15 is 0 Å². The van der Waals surface area contributed by atoms with Gasteiger partial charge >= 0.3 is 0 Å². The lowest BCUT2D eigenvalue weighted by molar-refractivity contribution is -0.138. The fraction of sp³-hybridized carbons (Fsp3) is 0.647. The molecular formula is C17H24N2O3. The van der Waals surface area contributed by atoms with Crippen molar-refractivity contribution in [3.8, 4) is 0 Å². The van der Waals surface area contributed by atoms with Crippen LogP contribution in [-0.4, -0.2) is 35.3 Å². The minimum absolute atomic E-state index is 0.0378. The molecule has 1 unspecified atom stereocenters. The number of amides is 2. The van der Waals surface area contributed by atoms with Gasteiger partial charge in [-0.15, -0.1) is 0 Å². The van der Waals surface area contributed by atoms with Crippen LogP contribution in [0.5, 0.6) is 0 Å². The quantitative estimate of drug-likeness (QED) is 0.930. The first-order valence-electron chi connectivity index (χ1n) is 8.25. The third kappa shape index (κ3) is 2.76. The van der Waals surface area contributed by atoms with Crippen molar-refractivity contribution in [2.45, 2.75) is 51.0 Å². The van der Waals surface area contributed by atoms with E-state index in [-0.39, 0.29) is 11.8 Å². The average Bonchev–Trinajstić information content (AvgIpc) is 3.06. The molecule has 120 valence electrons. The average molecular weight is 304 g/mol. The molecule has 0 spiro atoms. The highest BCUT2D eigenvalue weighted by Crippen LogP contribution is 2.32. The first kappa shape index (κ1) is 15.1. The van der Waals surface area contributed by atoms with Crippen molar-refractivity contribution in [2.75, 3.05) is 13.1 Å². The van der Waals surface area contributed by atoms with Gasteiger partial charge in [-0.05, 0) is 44.2 Å². The summed E-state index contributed by atoms with van der Waals surface area (Å²) in [7, 11) is 0. The van der Waals surface area contributed by atoms with Crippen molar-refractivity contribution in [1.82, 2.24) is 10.2 Å². The molecule has 3 rings (SSSR count). The smallest absolute Gasteiger partial charge is 0.290 e. The largest absolute Gasteiger partial charge is 0.459 e.